The Kier molecular flexibility index (Phi) is 6.91. The summed E-state index contributed by atoms with van der Waals surface area (Å²) in [5, 5.41) is 4.05. The van der Waals surface area contributed by atoms with Crippen LogP contribution >= 0.6 is 23.4 Å². The van der Waals surface area contributed by atoms with Gasteiger partial charge in [0.2, 0.25) is 5.91 Å². The molecular weight excluding hydrogens is 426 g/mol. The van der Waals surface area contributed by atoms with Gasteiger partial charge in [0, 0.05) is 17.3 Å². The molecule has 2 aromatic carbocycles. The summed E-state index contributed by atoms with van der Waals surface area (Å²) in [7, 11) is 1.30. The summed E-state index contributed by atoms with van der Waals surface area (Å²) in [5.74, 6) is -0.698. The van der Waals surface area contributed by atoms with E-state index in [-0.39, 0.29) is 23.8 Å². The normalized spacial score (nSPS) is 10.6. The molecule has 0 saturated heterocycles. The number of benzene rings is 2. The number of halogens is 1. The smallest absolute Gasteiger partial charge is 0.337 e. The molecule has 154 valence electrons. The molecule has 0 bridgehead atoms. The van der Waals surface area contributed by atoms with Gasteiger partial charge < -0.3 is 10.1 Å². The number of methoxy groups -OCH3 is 1. The van der Waals surface area contributed by atoms with Crippen LogP contribution in [-0.2, 0) is 16.1 Å². The van der Waals surface area contributed by atoms with Crippen LogP contribution in [0.25, 0.3) is 10.9 Å². The summed E-state index contributed by atoms with van der Waals surface area (Å²) < 4.78 is 6.11. The lowest BCUT2D eigenvalue weighted by atomic mass is 10.2. The van der Waals surface area contributed by atoms with Crippen molar-refractivity contribution in [2.75, 3.05) is 18.2 Å². The predicted molar refractivity (Wildman–Crippen MR) is 118 cm³/mol. The Morgan fingerprint density at radius 1 is 1.27 bits per heavy atom. The average Bonchev–Trinajstić information content (AvgIpc) is 2.74. The van der Waals surface area contributed by atoms with Gasteiger partial charge >= 0.3 is 5.97 Å². The SMILES string of the molecule is C=CCn1c(SCC(=O)Nc2ccc(C(=O)OC)cc2)nc2cc(Cl)ccc2c1=O. The van der Waals surface area contributed by atoms with E-state index < -0.39 is 5.97 Å². The van der Waals surface area contributed by atoms with Gasteiger partial charge in [-0.1, -0.05) is 29.4 Å². The molecule has 0 fully saturated rings. The number of nitrogens with one attached hydrogen (secondary N) is 1. The van der Waals surface area contributed by atoms with Crippen LogP contribution in [0.2, 0.25) is 5.02 Å². The molecule has 0 atom stereocenters. The fraction of sp³-hybridized carbons (Fsp3) is 0.143. The van der Waals surface area contributed by atoms with Crippen LogP contribution in [0.1, 0.15) is 10.4 Å². The van der Waals surface area contributed by atoms with Crippen molar-refractivity contribution in [2.45, 2.75) is 11.7 Å². The summed E-state index contributed by atoms with van der Waals surface area (Å²) in [5.41, 5.74) is 1.17. The van der Waals surface area contributed by atoms with Gasteiger partial charge in [0.1, 0.15) is 0 Å². The predicted octanol–water partition coefficient (Wildman–Crippen LogP) is 3.75. The first-order valence-corrected chi connectivity index (χ1v) is 10.2. The van der Waals surface area contributed by atoms with E-state index in [1.807, 2.05) is 0 Å². The van der Waals surface area contributed by atoms with Crippen LogP contribution in [0, 0.1) is 0 Å². The van der Waals surface area contributed by atoms with E-state index in [0.29, 0.717) is 32.3 Å². The summed E-state index contributed by atoms with van der Waals surface area (Å²) >= 11 is 7.15. The Hall–Kier alpha value is -3.10. The first kappa shape index (κ1) is 21.6. The summed E-state index contributed by atoms with van der Waals surface area (Å²) in [6.45, 7) is 3.95. The molecule has 1 aromatic heterocycles. The molecular formula is C21H18ClN3O4S. The second kappa shape index (κ2) is 9.60. The highest BCUT2D eigenvalue weighted by Crippen LogP contribution is 2.21. The van der Waals surface area contributed by atoms with E-state index in [1.54, 1.807) is 48.5 Å². The largest absolute Gasteiger partial charge is 0.465 e. The summed E-state index contributed by atoms with van der Waals surface area (Å²) in [4.78, 5) is 41.1. The molecule has 0 radical (unpaired) electrons. The Labute approximate surface area is 181 Å². The zero-order valence-corrected chi connectivity index (χ0v) is 17.6. The molecule has 1 N–H and O–H groups in total. The van der Waals surface area contributed by atoms with E-state index in [1.165, 1.54) is 11.7 Å². The number of hydrogen-bond donors (Lipinski definition) is 1. The maximum atomic E-state index is 12.8. The van der Waals surface area contributed by atoms with Crippen molar-refractivity contribution in [3.05, 3.63) is 76.1 Å². The van der Waals surface area contributed by atoms with Crippen molar-refractivity contribution >= 4 is 51.8 Å². The molecule has 3 aromatic rings. The van der Waals surface area contributed by atoms with Gasteiger partial charge in [0.05, 0.1) is 29.3 Å². The minimum Gasteiger partial charge on any atom is -0.465 e. The van der Waals surface area contributed by atoms with E-state index in [0.717, 1.165) is 11.8 Å². The Morgan fingerprint density at radius 3 is 2.67 bits per heavy atom. The average molecular weight is 444 g/mol. The number of allylic oxidation sites excluding steroid dienone is 1. The Morgan fingerprint density at radius 2 is 2.00 bits per heavy atom. The van der Waals surface area contributed by atoms with Crippen LogP contribution in [0.5, 0.6) is 0 Å². The minimum atomic E-state index is -0.453. The lowest BCUT2D eigenvalue weighted by Gasteiger charge is -2.12. The van der Waals surface area contributed by atoms with Crippen molar-refractivity contribution < 1.29 is 14.3 Å². The molecule has 0 unspecified atom stereocenters. The molecule has 30 heavy (non-hydrogen) atoms. The number of esters is 1. The highest BCUT2D eigenvalue weighted by Gasteiger charge is 2.13. The zero-order valence-electron chi connectivity index (χ0n) is 16.1. The molecule has 0 saturated carbocycles. The number of hydrogen-bond acceptors (Lipinski definition) is 6. The van der Waals surface area contributed by atoms with Crippen LogP contribution in [-0.4, -0.2) is 34.3 Å². The Balaban J connectivity index is 1.76. The van der Waals surface area contributed by atoms with Crippen LogP contribution in [0.15, 0.2) is 65.1 Å². The van der Waals surface area contributed by atoms with E-state index in [9.17, 15) is 14.4 Å². The number of nitrogens with zero attached hydrogens (tertiary/aromatic N) is 2. The molecule has 1 heterocycles. The first-order chi connectivity index (χ1) is 14.4. The van der Waals surface area contributed by atoms with Gasteiger partial charge in [-0.2, -0.15) is 0 Å². The lowest BCUT2D eigenvalue weighted by molar-refractivity contribution is -0.113. The highest BCUT2D eigenvalue weighted by atomic mass is 35.5. The molecule has 1 amide bonds. The number of carbonyl (C=O) groups excluding carboxylic acids is 2. The maximum absolute atomic E-state index is 12.8. The highest BCUT2D eigenvalue weighted by molar-refractivity contribution is 7.99. The van der Waals surface area contributed by atoms with Crippen molar-refractivity contribution in [2.24, 2.45) is 0 Å². The number of ether oxygens (including phenoxy) is 1. The summed E-state index contributed by atoms with van der Waals surface area (Å²) in [6.07, 6.45) is 1.60. The molecule has 0 spiro atoms. The van der Waals surface area contributed by atoms with E-state index >= 15 is 0 Å². The van der Waals surface area contributed by atoms with Gasteiger partial charge in [-0.25, -0.2) is 9.78 Å². The number of anilines is 1. The second-order valence-corrected chi connectivity index (χ2v) is 7.54. The van der Waals surface area contributed by atoms with Gasteiger partial charge in [-0.15, -0.1) is 6.58 Å². The number of carbonyl (C=O) groups is 2. The fourth-order valence-corrected chi connectivity index (χ4v) is 3.68. The number of fused-ring (bicyclic) bond motifs is 1. The number of aromatic nitrogens is 2. The quantitative estimate of drug-likeness (QED) is 0.259. The van der Waals surface area contributed by atoms with Crippen molar-refractivity contribution in [3.8, 4) is 0 Å². The third-order valence-electron chi connectivity index (χ3n) is 4.12. The summed E-state index contributed by atoms with van der Waals surface area (Å²) in [6, 6.07) is 11.2. The maximum Gasteiger partial charge on any atom is 0.337 e. The third kappa shape index (κ3) is 4.90. The monoisotopic (exact) mass is 443 g/mol. The second-order valence-electron chi connectivity index (χ2n) is 6.17. The minimum absolute atomic E-state index is 0.0361. The third-order valence-corrected chi connectivity index (χ3v) is 5.33. The van der Waals surface area contributed by atoms with Crippen LogP contribution < -0.4 is 10.9 Å². The first-order valence-electron chi connectivity index (χ1n) is 8.85. The number of thioether (sulfide) groups is 1. The van der Waals surface area contributed by atoms with E-state index in [4.69, 9.17) is 11.6 Å². The molecule has 9 heteroatoms. The molecule has 0 aliphatic heterocycles. The molecule has 3 rings (SSSR count). The fourth-order valence-electron chi connectivity index (χ4n) is 2.71. The lowest BCUT2D eigenvalue weighted by Crippen LogP contribution is -2.23. The van der Waals surface area contributed by atoms with Crippen LogP contribution in [0.4, 0.5) is 5.69 Å². The molecule has 0 aliphatic rings. The van der Waals surface area contributed by atoms with Crippen molar-refractivity contribution in [1.82, 2.24) is 9.55 Å². The van der Waals surface area contributed by atoms with Gasteiger partial charge in [0.25, 0.3) is 5.56 Å². The van der Waals surface area contributed by atoms with E-state index in [2.05, 4.69) is 21.6 Å². The number of rotatable bonds is 7. The molecule has 0 aliphatic carbocycles. The van der Waals surface area contributed by atoms with Crippen molar-refractivity contribution in [3.63, 3.8) is 0 Å². The Bertz CT molecular complexity index is 1180. The van der Waals surface area contributed by atoms with Gasteiger partial charge in [-0.3, -0.25) is 14.2 Å². The standard InChI is InChI=1S/C21H18ClN3O4S/c1-3-10-25-19(27)16-9-6-14(22)11-17(16)24-21(25)30-12-18(26)23-15-7-4-13(5-8-15)20(28)29-2/h3-9,11H,1,10,12H2,2H3,(H,23,26). The molecule has 7 nitrogen and oxygen atoms in total. The van der Waals surface area contributed by atoms with Crippen molar-refractivity contribution in [1.29, 1.82) is 0 Å². The van der Waals surface area contributed by atoms with Gasteiger partial charge in [-0.05, 0) is 42.5 Å². The zero-order chi connectivity index (χ0) is 21.7. The number of amides is 1. The van der Waals surface area contributed by atoms with Crippen LogP contribution in [0.3, 0.4) is 0 Å². The van der Waals surface area contributed by atoms with Gasteiger partial charge in [0.15, 0.2) is 5.16 Å². The topological polar surface area (TPSA) is 90.3 Å².